The van der Waals surface area contributed by atoms with Crippen molar-refractivity contribution < 1.29 is 0 Å². The van der Waals surface area contributed by atoms with Crippen LogP contribution in [0.2, 0.25) is 5.02 Å². The van der Waals surface area contributed by atoms with Gasteiger partial charge < -0.3 is 5.32 Å². The molecule has 0 spiro atoms. The molecule has 5 nitrogen and oxygen atoms in total. The Morgan fingerprint density at radius 1 is 1.38 bits per heavy atom. The van der Waals surface area contributed by atoms with E-state index < -0.39 is 0 Å². The van der Waals surface area contributed by atoms with E-state index in [9.17, 15) is 4.79 Å². The average Bonchev–Trinajstić information content (AvgIpc) is 2.82. The van der Waals surface area contributed by atoms with Crippen molar-refractivity contribution in [1.82, 2.24) is 14.8 Å². The Labute approximate surface area is 144 Å². The summed E-state index contributed by atoms with van der Waals surface area (Å²) in [6.45, 7) is 0.786. The molecule has 1 aliphatic carbocycles. The van der Waals surface area contributed by atoms with E-state index in [1.807, 2.05) is 24.3 Å². The van der Waals surface area contributed by atoms with Gasteiger partial charge in [0.25, 0.3) is 5.56 Å². The van der Waals surface area contributed by atoms with Gasteiger partial charge in [-0.1, -0.05) is 36.2 Å². The molecule has 1 fully saturated rings. The van der Waals surface area contributed by atoms with E-state index in [4.69, 9.17) is 11.6 Å². The first kappa shape index (κ1) is 15.3. The molecule has 1 aromatic carbocycles. The quantitative estimate of drug-likeness (QED) is 0.763. The number of anilines is 1. The zero-order valence-corrected chi connectivity index (χ0v) is 14.2. The SMILES string of the molecule is Cn1[nH]c(=O)c2cc(NCC3(c4ccccc4Cl)CCC3)cnc21. The summed E-state index contributed by atoms with van der Waals surface area (Å²) in [6, 6.07) is 9.93. The van der Waals surface area contributed by atoms with Crippen LogP contribution in [0, 0.1) is 0 Å². The van der Waals surface area contributed by atoms with Crippen LogP contribution in [0.15, 0.2) is 41.3 Å². The van der Waals surface area contributed by atoms with Crippen molar-refractivity contribution in [2.24, 2.45) is 7.05 Å². The molecule has 1 saturated carbocycles. The number of fused-ring (bicyclic) bond motifs is 1. The normalized spacial score (nSPS) is 16.1. The fourth-order valence-corrected chi connectivity index (χ4v) is 3.90. The average molecular weight is 343 g/mol. The van der Waals surface area contributed by atoms with E-state index >= 15 is 0 Å². The molecule has 124 valence electrons. The van der Waals surface area contributed by atoms with Crippen molar-refractivity contribution in [3.63, 3.8) is 0 Å². The number of nitrogens with zero attached hydrogens (tertiary/aromatic N) is 2. The van der Waals surface area contributed by atoms with Crippen molar-refractivity contribution in [1.29, 1.82) is 0 Å². The highest BCUT2D eigenvalue weighted by molar-refractivity contribution is 6.31. The second-order valence-electron chi connectivity index (χ2n) is 6.56. The smallest absolute Gasteiger partial charge is 0.273 e. The summed E-state index contributed by atoms with van der Waals surface area (Å²) in [7, 11) is 1.78. The van der Waals surface area contributed by atoms with Crippen LogP contribution < -0.4 is 10.9 Å². The van der Waals surface area contributed by atoms with Crippen LogP contribution >= 0.6 is 11.6 Å². The van der Waals surface area contributed by atoms with Gasteiger partial charge >= 0.3 is 0 Å². The predicted octanol–water partition coefficient (Wildman–Crippen LogP) is 3.45. The van der Waals surface area contributed by atoms with Crippen LogP contribution in [0.4, 0.5) is 5.69 Å². The maximum atomic E-state index is 11.9. The van der Waals surface area contributed by atoms with Crippen molar-refractivity contribution in [2.75, 3.05) is 11.9 Å². The lowest BCUT2D eigenvalue weighted by atomic mass is 9.64. The fourth-order valence-electron chi connectivity index (χ4n) is 3.56. The molecule has 6 heteroatoms. The van der Waals surface area contributed by atoms with Gasteiger partial charge in [0.1, 0.15) is 0 Å². The third-order valence-electron chi connectivity index (χ3n) is 5.09. The molecule has 0 bridgehead atoms. The van der Waals surface area contributed by atoms with Crippen LogP contribution in [-0.2, 0) is 12.5 Å². The first-order chi connectivity index (χ1) is 11.6. The molecule has 3 aromatic rings. The molecular weight excluding hydrogens is 324 g/mol. The minimum atomic E-state index is -0.117. The highest BCUT2D eigenvalue weighted by atomic mass is 35.5. The topological polar surface area (TPSA) is 62.7 Å². The summed E-state index contributed by atoms with van der Waals surface area (Å²) < 4.78 is 1.64. The standard InChI is InChI=1S/C18H19ClN4O/c1-23-16-13(17(24)22-23)9-12(10-20-16)21-11-18(7-4-8-18)14-5-2-3-6-15(14)19/h2-3,5-6,9-10,21H,4,7-8,11H2,1H3,(H,22,24). The molecule has 4 rings (SSSR count). The molecule has 0 atom stereocenters. The highest BCUT2D eigenvalue weighted by Gasteiger charge is 2.39. The highest BCUT2D eigenvalue weighted by Crippen LogP contribution is 2.46. The Balaban J connectivity index is 1.61. The Kier molecular flexibility index (Phi) is 3.61. The number of benzene rings is 1. The molecule has 0 unspecified atom stereocenters. The third kappa shape index (κ3) is 2.40. The lowest BCUT2D eigenvalue weighted by molar-refractivity contribution is 0.260. The van der Waals surface area contributed by atoms with E-state index in [-0.39, 0.29) is 11.0 Å². The van der Waals surface area contributed by atoms with E-state index in [1.54, 1.807) is 17.9 Å². The Morgan fingerprint density at radius 3 is 2.88 bits per heavy atom. The number of nitrogens with one attached hydrogen (secondary N) is 2. The molecule has 0 radical (unpaired) electrons. The number of rotatable bonds is 4. The van der Waals surface area contributed by atoms with Crippen LogP contribution in [0.3, 0.4) is 0 Å². The molecule has 2 N–H and O–H groups in total. The van der Waals surface area contributed by atoms with Gasteiger partial charge in [-0.15, -0.1) is 0 Å². The lowest BCUT2D eigenvalue weighted by Crippen LogP contribution is -2.41. The van der Waals surface area contributed by atoms with E-state index in [1.165, 1.54) is 12.0 Å². The van der Waals surface area contributed by atoms with Gasteiger partial charge in [-0.05, 0) is 30.5 Å². The Hall–Kier alpha value is -2.27. The van der Waals surface area contributed by atoms with Crippen molar-refractivity contribution >= 4 is 28.3 Å². The second kappa shape index (κ2) is 5.67. The molecule has 0 saturated heterocycles. The van der Waals surface area contributed by atoms with Crippen LogP contribution in [0.25, 0.3) is 11.0 Å². The molecule has 2 heterocycles. The largest absolute Gasteiger partial charge is 0.383 e. The van der Waals surface area contributed by atoms with Gasteiger partial charge in [0.15, 0.2) is 5.65 Å². The first-order valence-corrected chi connectivity index (χ1v) is 8.50. The van der Waals surface area contributed by atoms with Gasteiger partial charge in [-0.2, -0.15) is 0 Å². The van der Waals surface area contributed by atoms with Gasteiger partial charge in [0, 0.05) is 24.0 Å². The number of aromatic amines is 1. The molecular formula is C18H19ClN4O. The Morgan fingerprint density at radius 2 is 2.17 bits per heavy atom. The number of pyridine rings is 1. The summed E-state index contributed by atoms with van der Waals surface area (Å²) in [4.78, 5) is 16.3. The molecule has 0 aliphatic heterocycles. The third-order valence-corrected chi connectivity index (χ3v) is 5.41. The number of hydrogen-bond acceptors (Lipinski definition) is 3. The van der Waals surface area contributed by atoms with Crippen LogP contribution in [-0.4, -0.2) is 21.3 Å². The molecule has 1 aliphatic rings. The summed E-state index contributed by atoms with van der Waals surface area (Å²) in [5, 5.41) is 7.61. The van der Waals surface area contributed by atoms with Gasteiger partial charge in [0.05, 0.1) is 17.3 Å². The Bertz CT molecular complexity index is 955. The summed E-state index contributed by atoms with van der Waals surface area (Å²) in [5.41, 5.74) is 2.67. The maximum absolute atomic E-state index is 11.9. The zero-order chi connectivity index (χ0) is 16.7. The first-order valence-electron chi connectivity index (χ1n) is 8.13. The minimum Gasteiger partial charge on any atom is -0.383 e. The predicted molar refractivity (Wildman–Crippen MR) is 96.8 cm³/mol. The molecule has 0 amide bonds. The second-order valence-corrected chi connectivity index (χ2v) is 6.97. The van der Waals surface area contributed by atoms with E-state index in [2.05, 4.69) is 21.5 Å². The monoisotopic (exact) mass is 342 g/mol. The van der Waals surface area contributed by atoms with E-state index in [0.29, 0.717) is 11.0 Å². The van der Waals surface area contributed by atoms with Crippen LogP contribution in [0.5, 0.6) is 0 Å². The van der Waals surface area contributed by atoms with Gasteiger partial charge in [-0.25, -0.2) is 4.98 Å². The minimum absolute atomic E-state index is 0.0659. The number of halogens is 1. The summed E-state index contributed by atoms with van der Waals surface area (Å²) in [6.07, 6.45) is 5.22. The van der Waals surface area contributed by atoms with Crippen molar-refractivity contribution in [3.05, 3.63) is 57.5 Å². The van der Waals surface area contributed by atoms with Crippen molar-refractivity contribution in [2.45, 2.75) is 24.7 Å². The van der Waals surface area contributed by atoms with E-state index in [0.717, 1.165) is 30.1 Å². The van der Waals surface area contributed by atoms with Crippen molar-refractivity contribution in [3.8, 4) is 0 Å². The number of hydrogen-bond donors (Lipinski definition) is 2. The van der Waals surface area contributed by atoms with Gasteiger partial charge in [-0.3, -0.25) is 14.6 Å². The zero-order valence-electron chi connectivity index (χ0n) is 13.5. The number of aryl methyl sites for hydroxylation is 1. The van der Waals surface area contributed by atoms with Gasteiger partial charge in [0.2, 0.25) is 0 Å². The maximum Gasteiger partial charge on any atom is 0.273 e. The fraction of sp³-hybridized carbons (Fsp3) is 0.333. The molecule has 24 heavy (non-hydrogen) atoms. The molecule has 2 aromatic heterocycles. The number of H-pyrrole nitrogens is 1. The number of aromatic nitrogens is 3. The lowest BCUT2D eigenvalue weighted by Gasteiger charge is -2.43. The van der Waals surface area contributed by atoms with Crippen LogP contribution in [0.1, 0.15) is 24.8 Å². The summed E-state index contributed by atoms with van der Waals surface area (Å²) >= 11 is 6.42. The summed E-state index contributed by atoms with van der Waals surface area (Å²) in [5.74, 6) is 0.